The number of likely N-dealkylation sites (tertiary alicyclic amines) is 1. The Balaban J connectivity index is 3.04. The molecule has 10 heteroatoms. The standard InChI is InChI=1S/C22H40N4O6/c1-7-14(2)20(25(4)19(29)12-24-13-27)17(31-5)11-18(28)26-10-8-9-16(26)21(32-6)15(3)22(23)30/h13-17,20-21H,7-12H2,1-6H3,(H2,23,30)(H,24,27)/t14?,15?,16?,17?,20?,21-/m1/s1. The zero-order valence-corrected chi connectivity index (χ0v) is 20.2. The molecule has 1 saturated heterocycles. The fourth-order valence-electron chi connectivity index (χ4n) is 4.59. The second-order valence-electron chi connectivity index (χ2n) is 8.55. The Hall–Kier alpha value is -2.20. The average molecular weight is 457 g/mol. The van der Waals surface area contributed by atoms with Crippen LogP contribution in [0.4, 0.5) is 0 Å². The van der Waals surface area contributed by atoms with Crippen molar-refractivity contribution in [2.75, 3.05) is 34.4 Å². The zero-order chi connectivity index (χ0) is 24.4. The number of ether oxygens (including phenoxy) is 2. The Bertz CT molecular complexity index is 646. The van der Waals surface area contributed by atoms with Crippen molar-refractivity contribution in [1.82, 2.24) is 15.1 Å². The number of hydrogen-bond acceptors (Lipinski definition) is 6. The number of carbonyl (C=O) groups is 4. The summed E-state index contributed by atoms with van der Waals surface area (Å²) >= 11 is 0. The maximum absolute atomic E-state index is 13.3. The fraction of sp³-hybridized carbons (Fsp3) is 0.818. The molecule has 0 aromatic rings. The zero-order valence-electron chi connectivity index (χ0n) is 20.2. The number of rotatable bonds is 14. The predicted molar refractivity (Wildman–Crippen MR) is 119 cm³/mol. The van der Waals surface area contributed by atoms with Crippen LogP contribution in [0.25, 0.3) is 0 Å². The summed E-state index contributed by atoms with van der Waals surface area (Å²) in [5, 5.41) is 2.39. The number of nitrogens with one attached hydrogen (secondary N) is 1. The maximum Gasteiger partial charge on any atom is 0.242 e. The van der Waals surface area contributed by atoms with Gasteiger partial charge in [-0.1, -0.05) is 27.2 Å². The van der Waals surface area contributed by atoms with Crippen molar-refractivity contribution in [2.45, 2.75) is 70.7 Å². The molecular formula is C22H40N4O6. The summed E-state index contributed by atoms with van der Waals surface area (Å²) in [7, 11) is 4.72. The van der Waals surface area contributed by atoms with E-state index in [1.807, 2.05) is 13.8 Å². The van der Waals surface area contributed by atoms with Gasteiger partial charge < -0.3 is 30.3 Å². The molecular weight excluding hydrogens is 416 g/mol. The van der Waals surface area contributed by atoms with Crippen LogP contribution in [-0.4, -0.2) is 92.6 Å². The van der Waals surface area contributed by atoms with Gasteiger partial charge in [0.25, 0.3) is 0 Å². The van der Waals surface area contributed by atoms with Crippen molar-refractivity contribution in [2.24, 2.45) is 17.6 Å². The van der Waals surface area contributed by atoms with E-state index in [4.69, 9.17) is 15.2 Å². The smallest absolute Gasteiger partial charge is 0.242 e. The average Bonchev–Trinajstić information content (AvgIpc) is 3.26. The SMILES string of the molecule is CCC(C)C(C(CC(=O)N1CCCC1[C@H](OC)C(C)C(N)=O)OC)N(C)C(=O)CNC=O. The van der Waals surface area contributed by atoms with Crippen LogP contribution in [-0.2, 0) is 28.7 Å². The molecule has 1 aliphatic rings. The van der Waals surface area contributed by atoms with Crippen LogP contribution in [0.2, 0.25) is 0 Å². The Morgan fingerprint density at radius 1 is 1.25 bits per heavy atom. The third kappa shape index (κ3) is 6.90. The monoisotopic (exact) mass is 456 g/mol. The van der Waals surface area contributed by atoms with E-state index in [1.54, 1.807) is 23.8 Å². The molecule has 32 heavy (non-hydrogen) atoms. The van der Waals surface area contributed by atoms with Gasteiger partial charge in [-0.3, -0.25) is 19.2 Å². The Morgan fingerprint density at radius 2 is 1.91 bits per heavy atom. The summed E-state index contributed by atoms with van der Waals surface area (Å²) in [6.07, 6.45) is 1.87. The first kappa shape index (κ1) is 27.8. The molecule has 6 atom stereocenters. The summed E-state index contributed by atoms with van der Waals surface area (Å²) < 4.78 is 11.3. The first-order chi connectivity index (χ1) is 15.1. The number of hydrogen-bond donors (Lipinski definition) is 2. The number of methoxy groups -OCH3 is 2. The van der Waals surface area contributed by atoms with Gasteiger partial charge in [-0.15, -0.1) is 0 Å². The van der Waals surface area contributed by atoms with Gasteiger partial charge in [0.2, 0.25) is 24.1 Å². The largest absolute Gasteiger partial charge is 0.379 e. The van der Waals surface area contributed by atoms with E-state index in [0.29, 0.717) is 13.0 Å². The van der Waals surface area contributed by atoms with E-state index in [9.17, 15) is 19.2 Å². The van der Waals surface area contributed by atoms with Gasteiger partial charge >= 0.3 is 0 Å². The summed E-state index contributed by atoms with van der Waals surface area (Å²) in [5.41, 5.74) is 5.48. The van der Waals surface area contributed by atoms with Crippen molar-refractivity contribution >= 4 is 24.1 Å². The number of primary amides is 1. The lowest BCUT2D eigenvalue weighted by Gasteiger charge is -2.39. The molecule has 0 spiro atoms. The molecule has 0 saturated carbocycles. The number of carbonyl (C=O) groups excluding carboxylic acids is 4. The van der Waals surface area contributed by atoms with E-state index < -0.39 is 24.0 Å². The van der Waals surface area contributed by atoms with E-state index in [1.165, 1.54) is 14.2 Å². The Labute approximate surface area is 191 Å². The van der Waals surface area contributed by atoms with Crippen LogP contribution in [0, 0.1) is 11.8 Å². The minimum atomic E-state index is -0.529. The van der Waals surface area contributed by atoms with Crippen molar-refractivity contribution in [3.05, 3.63) is 0 Å². The minimum Gasteiger partial charge on any atom is -0.379 e. The maximum atomic E-state index is 13.3. The summed E-state index contributed by atoms with van der Waals surface area (Å²) in [6, 6.07) is -0.593. The van der Waals surface area contributed by atoms with Gasteiger partial charge in [0.05, 0.1) is 43.2 Å². The van der Waals surface area contributed by atoms with E-state index in [-0.39, 0.29) is 42.8 Å². The lowest BCUT2D eigenvalue weighted by Crippen LogP contribution is -2.54. The second kappa shape index (κ2) is 13.4. The van der Waals surface area contributed by atoms with Crippen molar-refractivity contribution in [3.63, 3.8) is 0 Å². The molecule has 1 rings (SSSR count). The van der Waals surface area contributed by atoms with Crippen LogP contribution in [0.3, 0.4) is 0 Å². The summed E-state index contributed by atoms with van der Waals surface area (Å²) in [4.78, 5) is 51.5. The van der Waals surface area contributed by atoms with Crippen molar-refractivity contribution in [3.8, 4) is 0 Å². The molecule has 0 bridgehead atoms. The second-order valence-corrected chi connectivity index (χ2v) is 8.55. The summed E-state index contributed by atoms with van der Waals surface area (Å²) in [5.74, 6) is -1.30. The first-order valence-electron chi connectivity index (χ1n) is 11.2. The highest BCUT2D eigenvalue weighted by Gasteiger charge is 2.41. The molecule has 1 aliphatic heterocycles. The molecule has 10 nitrogen and oxygen atoms in total. The third-order valence-electron chi connectivity index (χ3n) is 6.68. The highest BCUT2D eigenvalue weighted by molar-refractivity contribution is 5.81. The normalized spacial score (nSPS) is 20.7. The number of nitrogens with two attached hydrogens (primary N) is 1. The lowest BCUT2D eigenvalue weighted by atomic mass is 9.90. The van der Waals surface area contributed by atoms with E-state index >= 15 is 0 Å². The molecule has 0 aromatic carbocycles. The predicted octanol–water partition coefficient (Wildman–Crippen LogP) is 0.138. The quantitative estimate of drug-likeness (QED) is 0.358. The third-order valence-corrected chi connectivity index (χ3v) is 6.68. The molecule has 1 heterocycles. The molecule has 3 N–H and O–H groups in total. The Morgan fingerprint density at radius 3 is 2.41 bits per heavy atom. The van der Waals surface area contributed by atoms with Gasteiger partial charge in [-0.25, -0.2) is 0 Å². The first-order valence-corrected chi connectivity index (χ1v) is 11.2. The number of nitrogens with zero attached hydrogens (tertiary/aromatic N) is 2. The van der Waals surface area contributed by atoms with Gasteiger partial charge in [-0.2, -0.15) is 0 Å². The molecule has 4 amide bonds. The van der Waals surface area contributed by atoms with Crippen LogP contribution in [0.1, 0.15) is 46.5 Å². The number of amides is 4. The van der Waals surface area contributed by atoms with Gasteiger partial charge in [-0.05, 0) is 18.8 Å². The van der Waals surface area contributed by atoms with Gasteiger partial charge in [0, 0.05) is 27.8 Å². The number of likely N-dealkylation sites (N-methyl/N-ethyl adjacent to an activating group) is 1. The fourth-order valence-corrected chi connectivity index (χ4v) is 4.59. The molecule has 184 valence electrons. The van der Waals surface area contributed by atoms with Gasteiger partial charge in [0.1, 0.15) is 0 Å². The van der Waals surface area contributed by atoms with Crippen LogP contribution in [0.5, 0.6) is 0 Å². The summed E-state index contributed by atoms with van der Waals surface area (Å²) in [6.45, 7) is 6.18. The van der Waals surface area contributed by atoms with E-state index in [2.05, 4.69) is 5.32 Å². The molecule has 0 radical (unpaired) electrons. The van der Waals surface area contributed by atoms with Crippen molar-refractivity contribution < 1.29 is 28.7 Å². The molecule has 0 aromatic heterocycles. The topological polar surface area (TPSA) is 131 Å². The van der Waals surface area contributed by atoms with E-state index in [0.717, 1.165) is 19.3 Å². The Kier molecular flexibility index (Phi) is 11.6. The van der Waals surface area contributed by atoms with Crippen LogP contribution >= 0.6 is 0 Å². The highest BCUT2D eigenvalue weighted by Crippen LogP contribution is 2.28. The molecule has 1 fully saturated rings. The van der Waals surface area contributed by atoms with Crippen LogP contribution in [0.15, 0.2) is 0 Å². The molecule has 0 aliphatic carbocycles. The molecule has 5 unspecified atom stereocenters. The van der Waals surface area contributed by atoms with Crippen LogP contribution < -0.4 is 11.1 Å². The van der Waals surface area contributed by atoms with Gasteiger partial charge in [0.15, 0.2) is 0 Å². The highest BCUT2D eigenvalue weighted by atomic mass is 16.5. The minimum absolute atomic E-state index is 0.0638. The van der Waals surface area contributed by atoms with Crippen molar-refractivity contribution in [1.29, 1.82) is 0 Å². The lowest BCUT2D eigenvalue weighted by molar-refractivity contribution is -0.145.